The number of benzene rings is 1. The number of nitrogens with one attached hydrogen (secondary N) is 1. The van der Waals surface area contributed by atoms with Crippen LogP contribution in [-0.2, 0) is 6.18 Å². The van der Waals surface area contributed by atoms with Crippen LogP contribution in [0.5, 0.6) is 0 Å². The highest BCUT2D eigenvalue weighted by Gasteiger charge is 2.30. The summed E-state index contributed by atoms with van der Waals surface area (Å²) in [7, 11) is 0. The highest BCUT2D eigenvalue weighted by Crippen LogP contribution is 2.33. The van der Waals surface area contributed by atoms with Crippen LogP contribution in [0.15, 0.2) is 22.7 Å². The molecule has 5 heteroatoms. The van der Waals surface area contributed by atoms with Gasteiger partial charge >= 0.3 is 6.18 Å². The first-order valence-corrected chi connectivity index (χ1v) is 7.35. The molecule has 1 aromatic rings. The van der Waals surface area contributed by atoms with Crippen molar-refractivity contribution in [2.75, 3.05) is 11.9 Å². The van der Waals surface area contributed by atoms with E-state index in [0.29, 0.717) is 16.7 Å². The van der Waals surface area contributed by atoms with Crippen LogP contribution in [0, 0.1) is 0 Å². The van der Waals surface area contributed by atoms with Gasteiger partial charge in [-0.1, -0.05) is 32.6 Å². The number of unbranched alkanes of at least 4 members (excludes halogenated alkanes) is 4. The monoisotopic (exact) mass is 337 g/mol. The second kappa shape index (κ2) is 7.78. The van der Waals surface area contributed by atoms with Gasteiger partial charge in [0.25, 0.3) is 0 Å². The van der Waals surface area contributed by atoms with E-state index in [1.165, 1.54) is 25.3 Å². The van der Waals surface area contributed by atoms with Crippen molar-refractivity contribution in [3.05, 3.63) is 28.2 Å². The lowest BCUT2D eigenvalue weighted by molar-refractivity contribution is -0.137. The fraction of sp³-hybridized carbons (Fsp3) is 0.571. The summed E-state index contributed by atoms with van der Waals surface area (Å²) < 4.78 is 38.4. The van der Waals surface area contributed by atoms with Gasteiger partial charge in [-0.2, -0.15) is 13.2 Å². The molecule has 0 saturated heterocycles. The minimum absolute atomic E-state index is 0.505. The van der Waals surface area contributed by atoms with Crippen molar-refractivity contribution in [3.8, 4) is 0 Å². The van der Waals surface area contributed by atoms with Crippen LogP contribution in [0.4, 0.5) is 18.9 Å². The molecule has 0 aromatic heterocycles. The zero-order chi connectivity index (χ0) is 14.3. The predicted octanol–water partition coefficient (Wildman–Crippen LogP) is 5.85. The number of alkyl halides is 3. The molecule has 0 spiro atoms. The van der Waals surface area contributed by atoms with Gasteiger partial charge in [-0.05, 0) is 40.5 Å². The summed E-state index contributed by atoms with van der Waals surface area (Å²) in [5.74, 6) is 0. The van der Waals surface area contributed by atoms with E-state index in [-0.39, 0.29) is 0 Å². The Morgan fingerprint density at radius 2 is 1.79 bits per heavy atom. The fourth-order valence-electron chi connectivity index (χ4n) is 1.79. The van der Waals surface area contributed by atoms with Crippen LogP contribution in [0.3, 0.4) is 0 Å². The Kier molecular flexibility index (Phi) is 6.69. The number of halogens is 4. The van der Waals surface area contributed by atoms with Gasteiger partial charge < -0.3 is 5.32 Å². The Bertz CT molecular complexity index is 391. The van der Waals surface area contributed by atoms with E-state index in [4.69, 9.17) is 0 Å². The zero-order valence-electron chi connectivity index (χ0n) is 11.0. The van der Waals surface area contributed by atoms with Crippen LogP contribution in [-0.4, -0.2) is 6.54 Å². The van der Waals surface area contributed by atoms with E-state index in [1.807, 2.05) is 0 Å². The summed E-state index contributed by atoms with van der Waals surface area (Å²) in [5, 5.41) is 3.06. The van der Waals surface area contributed by atoms with Crippen LogP contribution in [0.2, 0.25) is 0 Å². The van der Waals surface area contributed by atoms with Gasteiger partial charge in [0.1, 0.15) is 0 Å². The van der Waals surface area contributed by atoms with Crippen molar-refractivity contribution in [1.82, 2.24) is 0 Å². The van der Waals surface area contributed by atoms with E-state index < -0.39 is 11.7 Å². The quantitative estimate of drug-likeness (QED) is 0.615. The summed E-state index contributed by atoms with van der Waals surface area (Å²) in [5.41, 5.74) is -0.116. The molecular formula is C14H19BrF3N. The number of hydrogen-bond donors (Lipinski definition) is 1. The lowest BCUT2D eigenvalue weighted by Gasteiger charge is -2.12. The SMILES string of the molecule is CCCCCCCNc1cc(C(F)(F)F)ccc1Br. The van der Waals surface area contributed by atoms with Crippen molar-refractivity contribution < 1.29 is 13.2 Å². The Morgan fingerprint density at radius 1 is 1.11 bits per heavy atom. The summed E-state index contributed by atoms with van der Waals surface area (Å²) in [6, 6.07) is 3.66. The fourth-order valence-corrected chi connectivity index (χ4v) is 2.18. The molecule has 0 saturated carbocycles. The molecule has 0 aliphatic heterocycles. The van der Waals surface area contributed by atoms with Gasteiger partial charge in [-0.3, -0.25) is 0 Å². The third-order valence-electron chi connectivity index (χ3n) is 2.89. The lowest BCUT2D eigenvalue weighted by Crippen LogP contribution is -2.07. The summed E-state index contributed by atoms with van der Waals surface area (Å²) in [6.07, 6.45) is 1.38. The van der Waals surface area contributed by atoms with Crippen molar-refractivity contribution in [1.29, 1.82) is 0 Å². The normalized spacial score (nSPS) is 11.6. The maximum absolute atomic E-state index is 12.6. The maximum Gasteiger partial charge on any atom is 0.416 e. The molecule has 0 aliphatic carbocycles. The molecule has 1 aromatic carbocycles. The van der Waals surface area contributed by atoms with Crippen LogP contribution in [0.1, 0.15) is 44.6 Å². The Balaban J connectivity index is 2.49. The minimum atomic E-state index is -4.29. The minimum Gasteiger partial charge on any atom is -0.384 e. The first-order valence-electron chi connectivity index (χ1n) is 6.55. The first-order chi connectivity index (χ1) is 8.95. The molecule has 1 nitrogen and oxygen atoms in total. The molecule has 1 rings (SSSR count). The molecule has 108 valence electrons. The van der Waals surface area contributed by atoms with Crippen LogP contribution >= 0.6 is 15.9 Å². The van der Waals surface area contributed by atoms with Crippen LogP contribution in [0.25, 0.3) is 0 Å². The third-order valence-corrected chi connectivity index (χ3v) is 3.58. The first kappa shape index (κ1) is 16.3. The highest BCUT2D eigenvalue weighted by atomic mass is 79.9. The molecule has 0 radical (unpaired) electrons. The van der Waals surface area contributed by atoms with Gasteiger partial charge in [0.05, 0.1) is 5.56 Å². The average molecular weight is 338 g/mol. The Hall–Kier alpha value is -0.710. The van der Waals surface area contributed by atoms with E-state index >= 15 is 0 Å². The van der Waals surface area contributed by atoms with Gasteiger partial charge in [-0.25, -0.2) is 0 Å². The smallest absolute Gasteiger partial charge is 0.384 e. The zero-order valence-corrected chi connectivity index (χ0v) is 12.6. The van der Waals surface area contributed by atoms with Crippen molar-refractivity contribution >= 4 is 21.6 Å². The molecule has 19 heavy (non-hydrogen) atoms. The van der Waals surface area contributed by atoms with E-state index in [0.717, 1.165) is 25.0 Å². The summed E-state index contributed by atoms with van der Waals surface area (Å²) in [4.78, 5) is 0. The summed E-state index contributed by atoms with van der Waals surface area (Å²) >= 11 is 3.26. The van der Waals surface area contributed by atoms with E-state index in [9.17, 15) is 13.2 Å². The maximum atomic E-state index is 12.6. The number of hydrogen-bond acceptors (Lipinski definition) is 1. The predicted molar refractivity (Wildman–Crippen MR) is 76.4 cm³/mol. The average Bonchev–Trinajstić information content (AvgIpc) is 2.34. The van der Waals surface area contributed by atoms with Crippen molar-refractivity contribution in [2.24, 2.45) is 0 Å². The Morgan fingerprint density at radius 3 is 2.42 bits per heavy atom. The molecule has 0 bridgehead atoms. The van der Waals surface area contributed by atoms with Crippen LogP contribution < -0.4 is 5.32 Å². The molecule has 1 N–H and O–H groups in total. The highest BCUT2D eigenvalue weighted by molar-refractivity contribution is 9.10. The molecule has 0 amide bonds. The number of rotatable bonds is 7. The third kappa shape index (κ3) is 5.85. The molecule has 0 fully saturated rings. The van der Waals surface area contributed by atoms with Gasteiger partial charge in [0, 0.05) is 16.7 Å². The summed E-state index contributed by atoms with van der Waals surface area (Å²) in [6.45, 7) is 2.85. The molecule has 0 atom stereocenters. The van der Waals surface area contributed by atoms with Gasteiger partial charge in [0.2, 0.25) is 0 Å². The van der Waals surface area contributed by atoms with Crippen molar-refractivity contribution in [2.45, 2.75) is 45.2 Å². The standard InChI is InChI=1S/C14H19BrF3N/c1-2-3-4-5-6-9-19-13-10-11(14(16,17)18)7-8-12(13)15/h7-8,10,19H,2-6,9H2,1H3. The van der Waals surface area contributed by atoms with Gasteiger partial charge in [-0.15, -0.1) is 0 Å². The largest absolute Gasteiger partial charge is 0.416 e. The second-order valence-electron chi connectivity index (χ2n) is 4.53. The molecule has 0 heterocycles. The molecule has 0 unspecified atom stereocenters. The van der Waals surface area contributed by atoms with E-state index in [2.05, 4.69) is 28.2 Å². The van der Waals surface area contributed by atoms with E-state index in [1.54, 1.807) is 0 Å². The number of anilines is 1. The van der Waals surface area contributed by atoms with Gasteiger partial charge in [0.15, 0.2) is 0 Å². The second-order valence-corrected chi connectivity index (χ2v) is 5.39. The van der Waals surface area contributed by atoms with Crippen molar-refractivity contribution in [3.63, 3.8) is 0 Å². The lowest BCUT2D eigenvalue weighted by atomic mass is 10.1. The molecular weight excluding hydrogens is 319 g/mol. The Labute approximate surface area is 120 Å². The topological polar surface area (TPSA) is 12.0 Å². The molecule has 0 aliphatic rings.